The summed E-state index contributed by atoms with van der Waals surface area (Å²) in [6, 6.07) is 0. The summed E-state index contributed by atoms with van der Waals surface area (Å²) in [5.74, 6) is -0.406. The second-order valence-electron chi connectivity index (χ2n) is 7.46. The highest BCUT2D eigenvalue weighted by atomic mass is 35.5. The molecule has 0 amide bonds. The lowest BCUT2D eigenvalue weighted by atomic mass is 9.97. The number of rotatable bonds is 5. The first kappa shape index (κ1) is 28.9. The highest BCUT2D eigenvalue weighted by molar-refractivity contribution is 6.18. The molecular formula is C18H37ClO6. The van der Waals surface area contributed by atoms with Crippen molar-refractivity contribution in [1.82, 2.24) is 0 Å². The fraction of sp³-hybridized carbons (Fsp3) is 0.889. The van der Waals surface area contributed by atoms with E-state index in [1.165, 1.54) is 0 Å². The van der Waals surface area contributed by atoms with Crippen molar-refractivity contribution in [2.24, 2.45) is 10.8 Å². The van der Waals surface area contributed by atoms with E-state index >= 15 is 0 Å². The first-order chi connectivity index (χ1) is 10.4. The maximum atomic E-state index is 11.1. The molecule has 2 unspecified atom stereocenters. The van der Waals surface area contributed by atoms with Crippen molar-refractivity contribution in [3.63, 3.8) is 0 Å². The Hall–Kier alpha value is -0.850. The molecule has 1 aliphatic heterocycles. The average Bonchev–Trinajstić information content (AvgIpc) is 3.24. The van der Waals surface area contributed by atoms with Gasteiger partial charge < -0.3 is 19.3 Å². The van der Waals surface area contributed by atoms with Crippen molar-refractivity contribution in [3.8, 4) is 0 Å². The molecule has 0 aliphatic carbocycles. The Morgan fingerprint density at radius 3 is 1.80 bits per heavy atom. The molecule has 2 atom stereocenters. The van der Waals surface area contributed by atoms with E-state index < -0.39 is 16.9 Å². The van der Waals surface area contributed by atoms with Gasteiger partial charge in [-0.3, -0.25) is 9.59 Å². The number of halogens is 1. The SMILES string of the molecule is C.C.CC(C)(C)C(=O)OCC(O)CCl.CC(C)(C)C(=O)OCC1CO1. The summed E-state index contributed by atoms with van der Waals surface area (Å²) >= 11 is 5.31. The molecule has 1 aliphatic rings. The summed E-state index contributed by atoms with van der Waals surface area (Å²) in [7, 11) is 0. The minimum atomic E-state index is -0.766. The van der Waals surface area contributed by atoms with Gasteiger partial charge in [-0.25, -0.2) is 0 Å². The maximum Gasteiger partial charge on any atom is 0.311 e. The lowest BCUT2D eigenvalue weighted by Crippen LogP contribution is -2.27. The van der Waals surface area contributed by atoms with Gasteiger partial charge in [-0.05, 0) is 41.5 Å². The van der Waals surface area contributed by atoms with Crippen LogP contribution in [-0.2, 0) is 23.8 Å². The molecule has 6 nitrogen and oxygen atoms in total. The molecule has 0 radical (unpaired) electrons. The molecule has 0 aromatic heterocycles. The average molecular weight is 385 g/mol. The van der Waals surface area contributed by atoms with Crippen LogP contribution in [0.3, 0.4) is 0 Å². The number of aliphatic hydroxyl groups is 1. The van der Waals surface area contributed by atoms with Gasteiger partial charge in [0.15, 0.2) is 0 Å². The van der Waals surface area contributed by atoms with E-state index in [2.05, 4.69) is 0 Å². The van der Waals surface area contributed by atoms with Crippen LogP contribution in [0.5, 0.6) is 0 Å². The Bertz CT molecular complexity index is 380. The molecule has 0 saturated carbocycles. The van der Waals surface area contributed by atoms with Crippen molar-refractivity contribution in [2.45, 2.75) is 68.6 Å². The molecule has 1 fully saturated rings. The highest BCUT2D eigenvalue weighted by Gasteiger charge is 2.28. The minimum Gasteiger partial charge on any atom is -0.462 e. The zero-order chi connectivity index (χ0) is 18.3. The number of carbonyl (C=O) groups excluding carboxylic acids is 2. The van der Waals surface area contributed by atoms with Crippen LogP contribution < -0.4 is 0 Å². The van der Waals surface area contributed by atoms with E-state index in [4.69, 9.17) is 30.9 Å². The van der Waals surface area contributed by atoms with Crippen molar-refractivity contribution < 1.29 is 28.9 Å². The van der Waals surface area contributed by atoms with Gasteiger partial charge in [0.1, 0.15) is 25.4 Å². The highest BCUT2D eigenvalue weighted by Crippen LogP contribution is 2.17. The van der Waals surface area contributed by atoms with Crippen LogP contribution in [0.4, 0.5) is 0 Å². The molecule has 25 heavy (non-hydrogen) atoms. The van der Waals surface area contributed by atoms with Gasteiger partial charge in [-0.15, -0.1) is 11.6 Å². The number of carbonyl (C=O) groups is 2. The fourth-order valence-electron chi connectivity index (χ4n) is 0.982. The zero-order valence-electron chi connectivity index (χ0n) is 14.8. The van der Waals surface area contributed by atoms with Gasteiger partial charge in [0.25, 0.3) is 0 Å². The smallest absolute Gasteiger partial charge is 0.311 e. The monoisotopic (exact) mass is 384 g/mol. The third kappa shape index (κ3) is 15.1. The molecule has 0 aromatic carbocycles. The predicted octanol–water partition coefficient (Wildman–Crippen LogP) is 3.42. The molecule has 0 aromatic rings. The van der Waals surface area contributed by atoms with E-state index in [0.29, 0.717) is 6.61 Å². The third-order valence-electron chi connectivity index (χ3n) is 2.61. The Labute approximate surface area is 158 Å². The molecule has 7 heteroatoms. The van der Waals surface area contributed by atoms with Crippen LogP contribution >= 0.6 is 11.6 Å². The van der Waals surface area contributed by atoms with Crippen molar-refractivity contribution in [1.29, 1.82) is 0 Å². The Balaban J connectivity index is -0.000000359. The molecule has 152 valence electrons. The summed E-state index contributed by atoms with van der Waals surface area (Å²) in [5, 5.41) is 8.96. The summed E-state index contributed by atoms with van der Waals surface area (Å²) in [5.41, 5.74) is -0.916. The molecule has 1 saturated heterocycles. The normalized spacial score (nSPS) is 16.9. The maximum absolute atomic E-state index is 11.1. The van der Waals surface area contributed by atoms with Crippen LogP contribution in [0.1, 0.15) is 56.4 Å². The molecular weight excluding hydrogens is 348 g/mol. The Kier molecular flexibility index (Phi) is 14.5. The van der Waals surface area contributed by atoms with Gasteiger partial charge in [0, 0.05) is 0 Å². The summed E-state index contributed by atoms with van der Waals surface area (Å²) < 4.78 is 14.6. The number of ether oxygens (including phenoxy) is 3. The van der Waals surface area contributed by atoms with Gasteiger partial charge in [-0.2, -0.15) is 0 Å². The van der Waals surface area contributed by atoms with Gasteiger partial charge in [0.05, 0.1) is 23.3 Å². The number of hydrogen-bond acceptors (Lipinski definition) is 6. The lowest BCUT2D eigenvalue weighted by Gasteiger charge is -2.17. The lowest BCUT2D eigenvalue weighted by molar-refractivity contribution is -0.155. The summed E-state index contributed by atoms with van der Waals surface area (Å²) in [6.45, 7) is 11.9. The largest absolute Gasteiger partial charge is 0.462 e. The van der Waals surface area contributed by atoms with Crippen molar-refractivity contribution in [3.05, 3.63) is 0 Å². The second-order valence-corrected chi connectivity index (χ2v) is 7.77. The summed E-state index contributed by atoms with van der Waals surface area (Å²) in [6.07, 6.45) is -0.598. The van der Waals surface area contributed by atoms with Gasteiger partial charge >= 0.3 is 11.9 Å². The molecule has 1 N–H and O–H groups in total. The van der Waals surface area contributed by atoms with E-state index in [-0.39, 0.29) is 45.4 Å². The minimum absolute atomic E-state index is 0. The van der Waals surface area contributed by atoms with E-state index in [0.717, 1.165) is 6.61 Å². The van der Waals surface area contributed by atoms with Gasteiger partial charge in [-0.1, -0.05) is 14.9 Å². The Morgan fingerprint density at radius 2 is 1.48 bits per heavy atom. The number of hydrogen-bond donors (Lipinski definition) is 1. The third-order valence-corrected chi connectivity index (χ3v) is 2.97. The van der Waals surface area contributed by atoms with Gasteiger partial charge in [0.2, 0.25) is 0 Å². The first-order valence-corrected chi connectivity index (χ1v) is 8.11. The predicted molar refractivity (Wildman–Crippen MR) is 101 cm³/mol. The fourth-order valence-corrected chi connectivity index (χ4v) is 1.07. The zero-order valence-corrected chi connectivity index (χ0v) is 15.6. The van der Waals surface area contributed by atoms with Crippen LogP contribution in [0.2, 0.25) is 0 Å². The van der Waals surface area contributed by atoms with Crippen molar-refractivity contribution >= 4 is 23.5 Å². The number of alkyl halides is 1. The topological polar surface area (TPSA) is 85.4 Å². The number of aliphatic hydroxyl groups excluding tert-OH is 1. The first-order valence-electron chi connectivity index (χ1n) is 7.58. The summed E-state index contributed by atoms with van der Waals surface area (Å²) in [4.78, 5) is 22.2. The number of esters is 2. The quantitative estimate of drug-likeness (QED) is 0.444. The van der Waals surface area contributed by atoms with Crippen LogP contribution in [0.15, 0.2) is 0 Å². The van der Waals surface area contributed by atoms with E-state index in [1.54, 1.807) is 20.8 Å². The molecule has 1 heterocycles. The Morgan fingerprint density at radius 1 is 1.08 bits per heavy atom. The molecule has 0 spiro atoms. The van der Waals surface area contributed by atoms with Crippen LogP contribution in [-0.4, -0.2) is 55.0 Å². The van der Waals surface area contributed by atoms with Crippen LogP contribution in [0, 0.1) is 10.8 Å². The van der Waals surface area contributed by atoms with Crippen molar-refractivity contribution in [2.75, 3.05) is 25.7 Å². The van der Waals surface area contributed by atoms with Crippen LogP contribution in [0.25, 0.3) is 0 Å². The molecule has 0 bridgehead atoms. The van der Waals surface area contributed by atoms with E-state index in [9.17, 15) is 9.59 Å². The standard InChI is InChI=1S/C8H15ClO3.C8H14O3.2CH4/c1-8(2,3)7(11)12-5-6(10)4-9;1-8(2,3)7(9)11-5-6-4-10-6;;/h6,10H,4-5H2,1-3H3;6H,4-5H2,1-3H3;2*1H4. The van der Waals surface area contributed by atoms with E-state index in [1.807, 2.05) is 20.8 Å². The molecule has 1 rings (SSSR count). The second kappa shape index (κ2) is 12.5. The number of epoxide rings is 1.